The van der Waals surface area contributed by atoms with Gasteiger partial charge in [0.1, 0.15) is 0 Å². The van der Waals surface area contributed by atoms with Crippen molar-refractivity contribution in [1.82, 2.24) is 0 Å². The van der Waals surface area contributed by atoms with E-state index in [2.05, 4.69) is 6.58 Å². The molecule has 2 aromatic rings. The van der Waals surface area contributed by atoms with Gasteiger partial charge in [0.15, 0.2) is 23.2 Å². The second kappa shape index (κ2) is 12.4. The predicted octanol–water partition coefficient (Wildman–Crippen LogP) is 7.27. The van der Waals surface area contributed by atoms with Gasteiger partial charge in [-0.2, -0.15) is 4.39 Å². The highest BCUT2D eigenvalue weighted by Gasteiger charge is 2.27. The zero-order valence-corrected chi connectivity index (χ0v) is 19.5. The average Bonchev–Trinajstić information content (AvgIpc) is 2.83. The lowest BCUT2D eigenvalue weighted by atomic mass is 9.82. The molecule has 186 valence electrons. The number of hydrogen-bond acceptors (Lipinski definition) is 3. The van der Waals surface area contributed by atoms with Crippen LogP contribution in [0.2, 0.25) is 0 Å². The molecule has 1 N–H and O–H groups in total. The van der Waals surface area contributed by atoms with Gasteiger partial charge in [0, 0.05) is 11.1 Å². The molecule has 1 fully saturated rings. The molecule has 1 aliphatic carbocycles. The van der Waals surface area contributed by atoms with Crippen molar-refractivity contribution in [3.8, 4) is 5.75 Å². The Hall–Kier alpha value is -2.38. The molecule has 0 heterocycles. The molecule has 1 unspecified atom stereocenters. The van der Waals surface area contributed by atoms with E-state index in [1.807, 2.05) is 6.92 Å². The monoisotopic (exact) mass is 480 g/mol. The van der Waals surface area contributed by atoms with E-state index in [1.165, 1.54) is 18.2 Å². The molecule has 34 heavy (non-hydrogen) atoms. The fourth-order valence-electron chi connectivity index (χ4n) is 4.38. The van der Waals surface area contributed by atoms with E-state index in [-0.39, 0.29) is 42.1 Å². The van der Waals surface area contributed by atoms with Gasteiger partial charge in [-0.1, -0.05) is 37.6 Å². The summed E-state index contributed by atoms with van der Waals surface area (Å²) in [6.45, 7) is 5.56. The molecule has 0 spiro atoms. The largest absolute Gasteiger partial charge is 0.490 e. The Kier molecular flexibility index (Phi) is 9.54. The highest BCUT2D eigenvalue weighted by molar-refractivity contribution is 5.33. The van der Waals surface area contributed by atoms with E-state index in [0.29, 0.717) is 50.5 Å². The molecule has 1 aliphatic rings. The maximum absolute atomic E-state index is 14.6. The van der Waals surface area contributed by atoms with Crippen molar-refractivity contribution in [1.29, 1.82) is 0 Å². The second-order valence-corrected chi connectivity index (χ2v) is 8.74. The Morgan fingerprint density at radius 1 is 1.00 bits per heavy atom. The number of aliphatic hydroxyl groups is 1. The number of rotatable bonds is 11. The van der Waals surface area contributed by atoms with Crippen molar-refractivity contribution >= 4 is 0 Å². The molecule has 0 amide bonds. The zero-order chi connectivity index (χ0) is 24.7. The Morgan fingerprint density at radius 3 is 2.41 bits per heavy atom. The number of halogens is 4. The SMILES string of the molecule is C=CCCOc1ccc(C2CCC(OCc3ccc(C(O)CCC)c(F)c3F)CC2)c(F)c1F. The summed E-state index contributed by atoms with van der Waals surface area (Å²) in [5.41, 5.74) is 0.364. The van der Waals surface area contributed by atoms with Crippen LogP contribution in [0.25, 0.3) is 0 Å². The summed E-state index contributed by atoms with van der Waals surface area (Å²) < 4.78 is 68.9. The highest BCUT2D eigenvalue weighted by Crippen LogP contribution is 2.38. The first kappa shape index (κ1) is 26.2. The van der Waals surface area contributed by atoms with Crippen molar-refractivity contribution in [2.45, 2.75) is 76.6 Å². The highest BCUT2D eigenvalue weighted by atomic mass is 19.2. The van der Waals surface area contributed by atoms with E-state index >= 15 is 0 Å². The molecule has 3 rings (SSSR count). The third-order valence-corrected chi connectivity index (χ3v) is 6.36. The lowest BCUT2D eigenvalue weighted by Crippen LogP contribution is -2.22. The van der Waals surface area contributed by atoms with E-state index in [1.54, 1.807) is 12.1 Å². The predicted molar refractivity (Wildman–Crippen MR) is 123 cm³/mol. The summed E-state index contributed by atoms with van der Waals surface area (Å²) in [5.74, 6) is -4.17. The van der Waals surface area contributed by atoms with Gasteiger partial charge in [0.25, 0.3) is 0 Å². The first-order valence-electron chi connectivity index (χ1n) is 11.8. The third kappa shape index (κ3) is 6.19. The molecule has 0 radical (unpaired) electrons. The summed E-state index contributed by atoms with van der Waals surface area (Å²) in [6, 6.07) is 5.86. The standard InChI is InChI=1S/C27H32F4O3/c1-3-5-15-33-23-14-13-20(25(29)27(23)31)17-7-10-19(11-8-17)34-16-18-9-12-21(22(32)6-4-2)26(30)24(18)28/h3,9,12-14,17,19,22,32H,1,4-8,10-11,15-16H2,2H3. The molecule has 3 nitrogen and oxygen atoms in total. The molecule has 1 saturated carbocycles. The van der Waals surface area contributed by atoms with Crippen LogP contribution in [0.4, 0.5) is 17.6 Å². The van der Waals surface area contributed by atoms with Gasteiger partial charge in [-0.25, -0.2) is 13.2 Å². The van der Waals surface area contributed by atoms with E-state index in [4.69, 9.17) is 9.47 Å². The first-order chi connectivity index (χ1) is 16.4. The second-order valence-electron chi connectivity index (χ2n) is 8.74. The maximum atomic E-state index is 14.6. The van der Waals surface area contributed by atoms with Crippen LogP contribution in [0.3, 0.4) is 0 Å². The molecule has 7 heteroatoms. The quantitative estimate of drug-likeness (QED) is 0.209. The van der Waals surface area contributed by atoms with Gasteiger partial charge < -0.3 is 14.6 Å². The number of hydrogen-bond donors (Lipinski definition) is 1. The minimum absolute atomic E-state index is 0.0463. The number of aliphatic hydroxyl groups excluding tert-OH is 1. The Morgan fingerprint density at radius 2 is 1.74 bits per heavy atom. The summed E-state index contributed by atoms with van der Waals surface area (Å²) in [4.78, 5) is 0. The first-order valence-corrected chi connectivity index (χ1v) is 11.8. The molecular formula is C27H32F4O3. The van der Waals surface area contributed by atoms with Crippen LogP contribution in [-0.4, -0.2) is 17.8 Å². The van der Waals surface area contributed by atoms with Crippen molar-refractivity contribution in [2.75, 3.05) is 6.61 Å². The smallest absolute Gasteiger partial charge is 0.200 e. The maximum Gasteiger partial charge on any atom is 0.200 e. The van der Waals surface area contributed by atoms with Gasteiger partial charge >= 0.3 is 0 Å². The summed E-state index contributed by atoms with van der Waals surface area (Å²) in [7, 11) is 0. The van der Waals surface area contributed by atoms with Crippen molar-refractivity contribution < 1.29 is 32.1 Å². The summed E-state index contributed by atoms with van der Waals surface area (Å²) in [5, 5.41) is 9.97. The normalized spacial score (nSPS) is 19.1. The van der Waals surface area contributed by atoms with Crippen LogP contribution < -0.4 is 4.74 Å². The van der Waals surface area contributed by atoms with Crippen LogP contribution in [-0.2, 0) is 11.3 Å². The lowest BCUT2D eigenvalue weighted by Gasteiger charge is -2.29. The van der Waals surface area contributed by atoms with Gasteiger partial charge in [0.2, 0.25) is 5.82 Å². The molecule has 1 atom stereocenters. The van der Waals surface area contributed by atoms with E-state index in [9.17, 15) is 22.7 Å². The van der Waals surface area contributed by atoms with Crippen LogP contribution in [0.15, 0.2) is 36.9 Å². The van der Waals surface area contributed by atoms with Gasteiger partial charge in [-0.05, 0) is 56.1 Å². The van der Waals surface area contributed by atoms with Crippen LogP contribution in [0.5, 0.6) is 5.75 Å². The molecule has 0 bridgehead atoms. The van der Waals surface area contributed by atoms with Gasteiger partial charge in [-0.3, -0.25) is 0 Å². The van der Waals surface area contributed by atoms with Gasteiger partial charge in [-0.15, -0.1) is 6.58 Å². The zero-order valence-electron chi connectivity index (χ0n) is 19.5. The molecular weight excluding hydrogens is 448 g/mol. The lowest BCUT2D eigenvalue weighted by molar-refractivity contribution is 0.0115. The fraction of sp³-hybridized carbons (Fsp3) is 0.481. The molecule has 2 aromatic carbocycles. The molecule has 0 saturated heterocycles. The van der Waals surface area contributed by atoms with Crippen LogP contribution in [0, 0.1) is 23.3 Å². The average molecular weight is 481 g/mol. The summed E-state index contributed by atoms with van der Waals surface area (Å²) >= 11 is 0. The minimum Gasteiger partial charge on any atom is -0.490 e. The molecule has 0 aliphatic heterocycles. The van der Waals surface area contributed by atoms with E-state index < -0.39 is 29.4 Å². The molecule has 0 aromatic heterocycles. The third-order valence-electron chi connectivity index (χ3n) is 6.36. The van der Waals surface area contributed by atoms with E-state index in [0.717, 1.165) is 0 Å². The Bertz CT molecular complexity index is 971. The minimum atomic E-state index is -1.04. The van der Waals surface area contributed by atoms with Crippen molar-refractivity contribution in [3.05, 3.63) is 76.9 Å². The Balaban J connectivity index is 1.55. The summed E-state index contributed by atoms with van der Waals surface area (Å²) in [6.07, 6.45) is 4.34. The Labute approximate surface area is 198 Å². The van der Waals surface area contributed by atoms with Crippen molar-refractivity contribution in [2.24, 2.45) is 0 Å². The topological polar surface area (TPSA) is 38.7 Å². The fourth-order valence-corrected chi connectivity index (χ4v) is 4.38. The van der Waals surface area contributed by atoms with Crippen molar-refractivity contribution in [3.63, 3.8) is 0 Å². The van der Waals surface area contributed by atoms with Crippen LogP contribution in [0.1, 0.15) is 80.6 Å². The van der Waals surface area contributed by atoms with Crippen LogP contribution >= 0.6 is 0 Å². The number of benzene rings is 2. The number of ether oxygens (including phenoxy) is 2. The van der Waals surface area contributed by atoms with Gasteiger partial charge in [0.05, 0.1) is 25.4 Å².